The zero-order valence-corrected chi connectivity index (χ0v) is 17.4. The summed E-state index contributed by atoms with van der Waals surface area (Å²) < 4.78 is 14.8. The van der Waals surface area contributed by atoms with Crippen molar-refractivity contribution in [1.82, 2.24) is 24.3 Å². The Balaban J connectivity index is 1.56. The number of benzene rings is 1. The first-order chi connectivity index (χ1) is 14.7. The van der Waals surface area contributed by atoms with Crippen molar-refractivity contribution in [1.29, 1.82) is 0 Å². The number of ether oxygens (including phenoxy) is 2. The number of carbonyl (C=O) groups excluding carboxylic acids is 1. The summed E-state index contributed by atoms with van der Waals surface area (Å²) in [6.07, 6.45) is 6.31. The number of hydrogen-bond donors (Lipinski definition) is 0. The fourth-order valence-corrected chi connectivity index (χ4v) is 4.50. The van der Waals surface area contributed by atoms with Gasteiger partial charge in [-0.15, -0.1) is 10.2 Å². The van der Waals surface area contributed by atoms with Crippen molar-refractivity contribution in [2.75, 3.05) is 13.7 Å². The second-order valence-electron chi connectivity index (χ2n) is 7.78. The van der Waals surface area contributed by atoms with Crippen LogP contribution in [0.3, 0.4) is 0 Å². The standard InChI is InChI=1S/C21H22ClN5O3/c1-29-11-18-24-25-20-15-8-14(22)6-7-16(15)27-12-23-19(17(27)9-26(18)20)21(28)30-10-13-4-2-3-5-13/h6-8,12-13H,2-5,9-11H2,1H3. The van der Waals surface area contributed by atoms with Crippen molar-refractivity contribution in [2.24, 2.45) is 5.92 Å². The molecule has 0 bridgehead atoms. The highest BCUT2D eigenvalue weighted by molar-refractivity contribution is 6.31. The first-order valence-corrected chi connectivity index (χ1v) is 10.5. The highest BCUT2D eigenvalue weighted by Crippen LogP contribution is 2.34. The Kier molecular flexibility index (Phi) is 5.04. The summed E-state index contributed by atoms with van der Waals surface area (Å²) in [5.74, 6) is 1.40. The summed E-state index contributed by atoms with van der Waals surface area (Å²) >= 11 is 6.27. The largest absolute Gasteiger partial charge is 0.461 e. The summed E-state index contributed by atoms with van der Waals surface area (Å²) in [7, 11) is 1.61. The van der Waals surface area contributed by atoms with Gasteiger partial charge in [0.25, 0.3) is 0 Å². The van der Waals surface area contributed by atoms with Crippen molar-refractivity contribution >= 4 is 17.6 Å². The molecule has 1 saturated carbocycles. The third kappa shape index (κ3) is 3.30. The number of methoxy groups -OCH3 is 1. The van der Waals surface area contributed by atoms with Gasteiger partial charge in [-0.25, -0.2) is 9.78 Å². The SMILES string of the molecule is COCc1nnc2n1Cc1c(C(=O)OCC3CCCC3)ncn1-c1ccc(Cl)cc1-2. The van der Waals surface area contributed by atoms with E-state index in [-0.39, 0.29) is 0 Å². The van der Waals surface area contributed by atoms with E-state index in [1.807, 2.05) is 27.3 Å². The monoisotopic (exact) mass is 427 g/mol. The van der Waals surface area contributed by atoms with E-state index in [1.165, 1.54) is 12.8 Å². The molecule has 0 saturated heterocycles. The Morgan fingerprint density at radius 2 is 2.10 bits per heavy atom. The van der Waals surface area contributed by atoms with Crippen molar-refractivity contribution in [3.63, 3.8) is 0 Å². The Hall–Kier alpha value is -2.71. The molecule has 2 aromatic heterocycles. The normalized spacial score (nSPS) is 15.4. The molecular weight excluding hydrogens is 406 g/mol. The summed E-state index contributed by atoms with van der Waals surface area (Å²) in [4.78, 5) is 17.3. The average Bonchev–Trinajstić information content (AvgIpc) is 3.47. The van der Waals surface area contributed by atoms with E-state index in [0.717, 1.165) is 29.8 Å². The zero-order chi connectivity index (χ0) is 20.7. The van der Waals surface area contributed by atoms with E-state index in [4.69, 9.17) is 21.1 Å². The smallest absolute Gasteiger partial charge is 0.358 e. The average molecular weight is 428 g/mol. The molecule has 0 amide bonds. The van der Waals surface area contributed by atoms with E-state index in [2.05, 4.69) is 15.2 Å². The first-order valence-electron chi connectivity index (χ1n) is 10.1. The van der Waals surface area contributed by atoms with Crippen LogP contribution in [0.15, 0.2) is 24.5 Å². The highest BCUT2D eigenvalue weighted by atomic mass is 35.5. The summed E-state index contributed by atoms with van der Waals surface area (Å²) in [5.41, 5.74) is 2.70. The first kappa shape index (κ1) is 19.3. The molecule has 5 rings (SSSR count). The molecule has 1 fully saturated rings. The molecular formula is C21H22ClN5O3. The van der Waals surface area contributed by atoms with Gasteiger partial charge < -0.3 is 14.0 Å². The van der Waals surface area contributed by atoms with Crippen molar-refractivity contribution in [3.05, 3.63) is 46.8 Å². The lowest BCUT2D eigenvalue weighted by Crippen LogP contribution is -2.16. The molecule has 0 spiro atoms. The number of imidazole rings is 1. The minimum atomic E-state index is -0.393. The molecule has 9 heteroatoms. The molecule has 0 atom stereocenters. The summed E-state index contributed by atoms with van der Waals surface area (Å²) in [6.45, 7) is 1.13. The van der Waals surface area contributed by atoms with E-state index < -0.39 is 5.97 Å². The number of carbonyl (C=O) groups is 1. The van der Waals surface area contributed by atoms with Gasteiger partial charge in [0.05, 0.1) is 24.5 Å². The Morgan fingerprint density at radius 3 is 2.90 bits per heavy atom. The van der Waals surface area contributed by atoms with Crippen LogP contribution in [-0.2, 0) is 22.6 Å². The van der Waals surface area contributed by atoms with E-state index >= 15 is 0 Å². The van der Waals surface area contributed by atoms with E-state index in [1.54, 1.807) is 13.4 Å². The molecule has 3 aromatic rings. The number of nitrogens with zero attached hydrogens (tertiary/aromatic N) is 5. The highest BCUT2D eigenvalue weighted by Gasteiger charge is 2.29. The van der Waals surface area contributed by atoms with Gasteiger partial charge >= 0.3 is 5.97 Å². The van der Waals surface area contributed by atoms with Crippen LogP contribution >= 0.6 is 11.6 Å². The number of esters is 1. The maximum atomic E-state index is 12.9. The van der Waals surface area contributed by atoms with Crippen LogP contribution in [0.2, 0.25) is 5.02 Å². The number of hydrogen-bond acceptors (Lipinski definition) is 6. The van der Waals surface area contributed by atoms with Crippen molar-refractivity contribution < 1.29 is 14.3 Å². The minimum Gasteiger partial charge on any atom is -0.461 e. The van der Waals surface area contributed by atoms with Crippen molar-refractivity contribution in [2.45, 2.75) is 38.8 Å². The van der Waals surface area contributed by atoms with Gasteiger partial charge in [-0.3, -0.25) is 4.57 Å². The second-order valence-corrected chi connectivity index (χ2v) is 8.22. The van der Waals surface area contributed by atoms with Crippen LogP contribution in [0.25, 0.3) is 17.1 Å². The fourth-order valence-electron chi connectivity index (χ4n) is 4.33. The molecule has 0 radical (unpaired) electrons. The second kappa shape index (κ2) is 7.85. The third-order valence-electron chi connectivity index (χ3n) is 5.85. The van der Waals surface area contributed by atoms with Gasteiger partial charge in [0.15, 0.2) is 17.3 Å². The lowest BCUT2D eigenvalue weighted by atomic mass is 10.1. The van der Waals surface area contributed by atoms with Gasteiger partial charge in [0.1, 0.15) is 12.9 Å². The van der Waals surface area contributed by atoms with Gasteiger partial charge in [-0.1, -0.05) is 24.4 Å². The predicted molar refractivity (Wildman–Crippen MR) is 110 cm³/mol. The van der Waals surface area contributed by atoms with Gasteiger partial charge in [-0.05, 0) is 37.0 Å². The fraction of sp³-hybridized carbons (Fsp3) is 0.429. The molecule has 2 aliphatic rings. The Bertz CT molecular complexity index is 1100. The maximum absolute atomic E-state index is 12.9. The number of fused-ring (bicyclic) bond motifs is 5. The quantitative estimate of drug-likeness (QED) is 0.452. The molecule has 0 unspecified atom stereocenters. The molecule has 3 heterocycles. The molecule has 156 valence electrons. The molecule has 30 heavy (non-hydrogen) atoms. The van der Waals surface area contributed by atoms with Crippen LogP contribution in [0.4, 0.5) is 0 Å². The predicted octanol–water partition coefficient (Wildman–Crippen LogP) is 3.64. The van der Waals surface area contributed by atoms with Crippen molar-refractivity contribution in [3.8, 4) is 17.1 Å². The lowest BCUT2D eigenvalue weighted by molar-refractivity contribution is 0.0434. The molecule has 1 aromatic carbocycles. The van der Waals surface area contributed by atoms with E-state index in [0.29, 0.717) is 48.0 Å². The Morgan fingerprint density at radius 1 is 1.27 bits per heavy atom. The molecule has 8 nitrogen and oxygen atoms in total. The Labute approximate surface area is 178 Å². The molecule has 0 N–H and O–H groups in total. The molecule has 1 aliphatic heterocycles. The van der Waals surface area contributed by atoms with Crippen LogP contribution in [0.1, 0.15) is 47.7 Å². The molecule has 1 aliphatic carbocycles. The van der Waals surface area contributed by atoms with Crippen LogP contribution in [-0.4, -0.2) is 44.0 Å². The van der Waals surface area contributed by atoms with Crippen LogP contribution in [0, 0.1) is 5.92 Å². The number of rotatable bonds is 5. The maximum Gasteiger partial charge on any atom is 0.358 e. The zero-order valence-electron chi connectivity index (χ0n) is 16.7. The van der Waals surface area contributed by atoms with E-state index in [9.17, 15) is 4.79 Å². The summed E-state index contributed by atoms with van der Waals surface area (Å²) in [6, 6.07) is 5.56. The topological polar surface area (TPSA) is 84.1 Å². The minimum absolute atomic E-state index is 0.304. The van der Waals surface area contributed by atoms with Crippen LogP contribution < -0.4 is 0 Å². The third-order valence-corrected chi connectivity index (χ3v) is 6.09. The van der Waals surface area contributed by atoms with Crippen LogP contribution in [0.5, 0.6) is 0 Å². The van der Waals surface area contributed by atoms with Gasteiger partial charge in [0.2, 0.25) is 0 Å². The number of aromatic nitrogens is 5. The lowest BCUT2D eigenvalue weighted by Gasteiger charge is -2.11. The number of halogens is 1. The van der Waals surface area contributed by atoms with Gasteiger partial charge in [0, 0.05) is 17.7 Å². The van der Waals surface area contributed by atoms with Gasteiger partial charge in [-0.2, -0.15) is 0 Å². The summed E-state index contributed by atoms with van der Waals surface area (Å²) in [5, 5.41) is 9.24.